The van der Waals surface area contributed by atoms with Crippen LogP contribution in [0, 0.1) is 6.07 Å². The molecule has 0 aliphatic heterocycles. The predicted molar refractivity (Wildman–Crippen MR) is 25.3 cm³/mol. The molecule has 0 aromatic heterocycles. The van der Waals surface area contributed by atoms with Gasteiger partial charge in [0.05, 0.1) is 0 Å². The summed E-state index contributed by atoms with van der Waals surface area (Å²) in [6, 6.07) is 12.5. The fraction of sp³-hybridized carbons (Fsp3) is 0. The van der Waals surface area contributed by atoms with Crippen LogP contribution in [0.4, 0.5) is 0 Å². The Hall–Kier alpha value is -0.157. The minimum Gasteiger partial charge on any atom is -0.184 e. The van der Waals surface area contributed by atoms with E-state index < -0.39 is 0 Å². The average Bonchev–Trinajstić information content (AvgIpc) is 1.72. The Morgan fingerprint density at radius 3 is 1.57 bits per heavy atom. The summed E-state index contributed by atoms with van der Waals surface area (Å²) in [5, 5.41) is 0. The molecule has 0 aliphatic carbocycles. The molecule has 0 saturated heterocycles. The van der Waals surface area contributed by atoms with Crippen molar-refractivity contribution in [2.24, 2.45) is 0 Å². The third-order valence-electron chi connectivity index (χ3n) is 0.607. The third-order valence-corrected chi connectivity index (χ3v) is 0.607. The van der Waals surface area contributed by atoms with Crippen molar-refractivity contribution >= 4 is 0 Å². The molecular weight excluding hydrogens is 173 g/mol. The van der Waals surface area contributed by atoms with E-state index in [-0.39, 0.29) is 19.5 Å². The Kier molecular flexibility index (Phi) is 3.92. The normalized spacial score (nSPS) is 6.86. The van der Waals surface area contributed by atoms with Crippen LogP contribution in [0.5, 0.6) is 0 Å². The van der Waals surface area contributed by atoms with Gasteiger partial charge in [-0.05, 0) is 0 Å². The molecule has 0 saturated carbocycles. The van der Waals surface area contributed by atoms with Gasteiger partial charge in [0, 0.05) is 0 Å². The minimum absolute atomic E-state index is 0. The van der Waals surface area contributed by atoms with Gasteiger partial charge in [-0.3, -0.25) is 0 Å². The van der Waals surface area contributed by atoms with E-state index >= 15 is 0 Å². The molecule has 0 heterocycles. The summed E-state index contributed by atoms with van der Waals surface area (Å²) in [5.74, 6) is 0. The van der Waals surface area contributed by atoms with Gasteiger partial charge in [0.2, 0.25) is 0 Å². The Bertz CT molecular complexity index is 76.1. The van der Waals surface area contributed by atoms with Crippen molar-refractivity contribution < 1.29 is 19.5 Å². The monoisotopic (exact) mass is 179 g/mol. The van der Waals surface area contributed by atoms with E-state index in [1.54, 1.807) is 0 Å². The van der Waals surface area contributed by atoms with Crippen LogP contribution in [0.3, 0.4) is 0 Å². The molecule has 0 nitrogen and oxygen atoms in total. The Morgan fingerprint density at radius 2 is 1.43 bits per heavy atom. The van der Waals surface area contributed by atoms with Crippen molar-refractivity contribution in [1.29, 1.82) is 0 Å². The number of rotatable bonds is 0. The van der Waals surface area contributed by atoms with Crippen LogP contribution in [-0.4, -0.2) is 0 Å². The average molecular weight is 178 g/mol. The van der Waals surface area contributed by atoms with Gasteiger partial charge in [0.15, 0.2) is 0 Å². The molecule has 0 atom stereocenters. The zero-order valence-corrected chi connectivity index (χ0v) is 5.48. The van der Waals surface area contributed by atoms with Gasteiger partial charge < -0.3 is 0 Å². The molecule has 1 rings (SSSR count). The maximum Gasteiger partial charge on any atom is 1.00 e. The summed E-state index contributed by atoms with van der Waals surface area (Å²) in [6.07, 6.45) is 0. The van der Waals surface area contributed by atoms with Gasteiger partial charge in [0.1, 0.15) is 0 Å². The quantitative estimate of drug-likeness (QED) is 0.417. The molecule has 0 fully saturated rings. The summed E-state index contributed by atoms with van der Waals surface area (Å²) in [7, 11) is 0. The van der Waals surface area contributed by atoms with Crippen molar-refractivity contribution in [1.82, 2.24) is 0 Å². The number of hydrogen-bond acceptors (Lipinski definition) is 0. The summed E-state index contributed by atoms with van der Waals surface area (Å²) < 4.78 is 0. The van der Waals surface area contributed by atoms with Gasteiger partial charge in [-0.1, -0.05) is 0 Å². The first-order valence-electron chi connectivity index (χ1n) is 1.91. The van der Waals surface area contributed by atoms with Gasteiger partial charge in [0.25, 0.3) is 0 Å². The fourth-order valence-corrected chi connectivity index (χ4v) is 0.342. The van der Waals surface area contributed by atoms with Crippen molar-refractivity contribution in [2.75, 3.05) is 0 Å². The van der Waals surface area contributed by atoms with E-state index in [9.17, 15) is 0 Å². The van der Waals surface area contributed by atoms with E-state index in [0.29, 0.717) is 0 Å². The van der Waals surface area contributed by atoms with Crippen LogP contribution < -0.4 is 0 Å². The third kappa shape index (κ3) is 2.53. The van der Waals surface area contributed by atoms with Crippen molar-refractivity contribution in [3.8, 4) is 0 Å². The molecule has 0 bridgehead atoms. The summed E-state index contributed by atoms with van der Waals surface area (Å²) in [6.45, 7) is 0. The van der Waals surface area contributed by atoms with Crippen molar-refractivity contribution in [2.45, 2.75) is 0 Å². The first-order chi connectivity index (χ1) is 3.00. The molecule has 1 radical (unpaired) electrons. The molecule has 37 valence electrons. The van der Waals surface area contributed by atoms with Gasteiger partial charge in [-0.2, -0.15) is 36.4 Å². The summed E-state index contributed by atoms with van der Waals surface area (Å²) in [4.78, 5) is 0. The second-order valence-electron chi connectivity index (χ2n) is 1.08. The van der Waals surface area contributed by atoms with E-state index in [1.165, 1.54) is 0 Å². The number of hydrogen-bond donors (Lipinski definition) is 0. The van der Waals surface area contributed by atoms with E-state index in [4.69, 9.17) is 0 Å². The first kappa shape index (κ1) is 6.84. The topological polar surface area (TPSA) is 0 Å². The van der Waals surface area contributed by atoms with E-state index in [2.05, 4.69) is 6.07 Å². The largest absolute Gasteiger partial charge is 1.00 e. The first-order valence-corrected chi connectivity index (χ1v) is 1.91. The zero-order chi connectivity index (χ0) is 4.24. The fourth-order valence-electron chi connectivity index (χ4n) is 0.342. The van der Waals surface area contributed by atoms with Crippen LogP contribution in [0.25, 0.3) is 0 Å². The second kappa shape index (κ2) is 4.01. The summed E-state index contributed by atoms with van der Waals surface area (Å²) >= 11 is 0. The minimum atomic E-state index is 0. The molecule has 0 aliphatic rings. The molecule has 1 heteroatoms. The summed E-state index contributed by atoms with van der Waals surface area (Å²) in [5.41, 5.74) is 0. The zero-order valence-electron chi connectivity index (χ0n) is 3.74. The Labute approximate surface area is 56.3 Å². The predicted octanol–water partition coefficient (Wildman–Crippen LogP) is 1.48. The van der Waals surface area contributed by atoms with E-state index in [1.807, 2.05) is 30.3 Å². The molecule has 0 spiro atoms. The van der Waals surface area contributed by atoms with Crippen LogP contribution in [0.2, 0.25) is 0 Å². The second-order valence-corrected chi connectivity index (χ2v) is 1.08. The molecule has 0 unspecified atom stereocenters. The van der Waals surface area contributed by atoms with Gasteiger partial charge in [-0.15, -0.1) is 0 Å². The SMILES string of the molecule is [Ru+].[c-]1ccccc1. The van der Waals surface area contributed by atoms with Crippen LogP contribution in [0.15, 0.2) is 30.3 Å². The van der Waals surface area contributed by atoms with Gasteiger partial charge >= 0.3 is 19.5 Å². The van der Waals surface area contributed by atoms with Crippen LogP contribution >= 0.6 is 0 Å². The van der Waals surface area contributed by atoms with Crippen LogP contribution in [-0.2, 0) is 19.5 Å². The molecule has 1 aromatic carbocycles. The Balaban J connectivity index is 0.000000360. The van der Waals surface area contributed by atoms with Crippen molar-refractivity contribution in [3.05, 3.63) is 36.4 Å². The van der Waals surface area contributed by atoms with Crippen LogP contribution in [0.1, 0.15) is 0 Å². The molecule has 0 amide bonds. The Morgan fingerprint density at radius 1 is 0.857 bits per heavy atom. The van der Waals surface area contributed by atoms with Crippen molar-refractivity contribution in [3.63, 3.8) is 0 Å². The maximum atomic E-state index is 2.89. The standard InChI is InChI=1S/C6H5.Ru/c1-2-4-6-5-3-1;/h1-5H;/q-1;+1. The number of benzene rings is 1. The van der Waals surface area contributed by atoms with E-state index in [0.717, 1.165) is 0 Å². The molecule has 7 heavy (non-hydrogen) atoms. The van der Waals surface area contributed by atoms with Gasteiger partial charge in [-0.25, -0.2) is 0 Å². The molecule has 1 aromatic rings. The maximum absolute atomic E-state index is 2.89. The molecular formula is C6H5Ru. The smallest absolute Gasteiger partial charge is 0.184 e. The molecule has 0 N–H and O–H groups in total.